The third-order valence-electron chi connectivity index (χ3n) is 7.84. The number of anilines is 1. The van der Waals surface area contributed by atoms with Crippen LogP contribution in [0.5, 0.6) is 0 Å². The molecule has 0 aliphatic carbocycles. The van der Waals surface area contributed by atoms with Crippen molar-refractivity contribution in [2.24, 2.45) is 5.41 Å². The van der Waals surface area contributed by atoms with Crippen LogP contribution in [0.4, 0.5) is 10.5 Å². The molecule has 4 rings (SSSR count). The van der Waals surface area contributed by atoms with E-state index in [1.165, 1.54) is 5.56 Å². The molecule has 0 unspecified atom stereocenters. The molecule has 2 aromatic rings. The molecule has 0 aromatic carbocycles. The van der Waals surface area contributed by atoms with E-state index in [0.29, 0.717) is 31.3 Å². The van der Waals surface area contributed by atoms with Gasteiger partial charge in [-0.2, -0.15) is 5.26 Å². The van der Waals surface area contributed by atoms with Crippen molar-refractivity contribution in [3.63, 3.8) is 0 Å². The number of pyridine rings is 1. The van der Waals surface area contributed by atoms with Crippen LogP contribution in [-0.2, 0) is 20.9 Å². The van der Waals surface area contributed by atoms with Crippen molar-refractivity contribution in [3.05, 3.63) is 23.5 Å². The summed E-state index contributed by atoms with van der Waals surface area (Å²) in [6.07, 6.45) is 5.36. The second kappa shape index (κ2) is 11.7. The van der Waals surface area contributed by atoms with Crippen LogP contribution in [0.15, 0.2) is 12.4 Å². The molecule has 1 amide bonds. The predicted molar refractivity (Wildman–Crippen MR) is 160 cm³/mol. The van der Waals surface area contributed by atoms with Crippen molar-refractivity contribution >= 4 is 30.9 Å². The first-order valence-corrected chi connectivity index (χ1v) is 18.2. The van der Waals surface area contributed by atoms with E-state index in [-0.39, 0.29) is 17.6 Å². The minimum atomic E-state index is -1.20. The second-order valence-electron chi connectivity index (χ2n) is 14.2. The summed E-state index contributed by atoms with van der Waals surface area (Å²) in [5.41, 5.74) is 2.50. The van der Waals surface area contributed by atoms with E-state index < -0.39 is 13.7 Å². The summed E-state index contributed by atoms with van der Waals surface area (Å²) < 4.78 is 19.6. The van der Waals surface area contributed by atoms with Crippen molar-refractivity contribution in [3.8, 4) is 6.07 Å². The number of nitriles is 1. The number of nitrogens with zero attached hydrogens (tertiary/aromatic N) is 4. The monoisotopic (exact) mass is 569 g/mol. The van der Waals surface area contributed by atoms with E-state index in [9.17, 15) is 10.1 Å². The first-order valence-electron chi connectivity index (χ1n) is 14.5. The molecule has 2 aromatic heterocycles. The lowest BCUT2D eigenvalue weighted by atomic mass is 9.87. The van der Waals surface area contributed by atoms with E-state index in [0.717, 1.165) is 55.4 Å². The average molecular weight is 570 g/mol. The fraction of sp³-hybridized carbons (Fsp3) is 0.700. The summed E-state index contributed by atoms with van der Waals surface area (Å²) in [4.78, 5) is 19.5. The molecule has 2 saturated heterocycles. The molecule has 40 heavy (non-hydrogen) atoms. The molecule has 4 heterocycles. The van der Waals surface area contributed by atoms with Gasteiger partial charge >= 0.3 is 6.09 Å². The molecule has 0 bridgehead atoms. The Kier molecular flexibility index (Phi) is 8.88. The lowest BCUT2D eigenvalue weighted by Gasteiger charge is -2.28. The molecule has 0 spiro atoms. The van der Waals surface area contributed by atoms with E-state index in [1.807, 2.05) is 20.8 Å². The molecule has 10 heteroatoms. The highest BCUT2D eigenvalue weighted by atomic mass is 28.3. The van der Waals surface area contributed by atoms with Crippen molar-refractivity contribution in [1.82, 2.24) is 14.5 Å². The van der Waals surface area contributed by atoms with Gasteiger partial charge in [0.05, 0.1) is 17.3 Å². The Labute approximate surface area is 240 Å². The summed E-state index contributed by atoms with van der Waals surface area (Å²) in [5, 5.41) is 14.9. The van der Waals surface area contributed by atoms with Gasteiger partial charge in [0.2, 0.25) is 0 Å². The van der Waals surface area contributed by atoms with Crippen LogP contribution < -0.4 is 5.32 Å². The second-order valence-corrected chi connectivity index (χ2v) is 19.8. The maximum atomic E-state index is 12.9. The highest BCUT2D eigenvalue weighted by Gasteiger charge is 2.43. The number of fused-ring (bicyclic) bond motifs is 1. The van der Waals surface area contributed by atoms with Gasteiger partial charge in [0.15, 0.2) is 0 Å². The minimum absolute atomic E-state index is 0.0726. The number of amides is 1. The molecule has 2 fully saturated rings. The Balaban J connectivity index is 1.69. The summed E-state index contributed by atoms with van der Waals surface area (Å²) in [5.74, 6) is 0.311. The van der Waals surface area contributed by atoms with Crippen LogP contribution in [0.25, 0.3) is 11.0 Å². The molecule has 0 saturated carbocycles. The third kappa shape index (κ3) is 7.17. The molecular formula is C30H47N5O4Si. The van der Waals surface area contributed by atoms with Crippen molar-refractivity contribution < 1.29 is 19.0 Å². The zero-order chi connectivity index (χ0) is 29.3. The zero-order valence-electron chi connectivity index (χ0n) is 25.6. The number of aromatic nitrogens is 2. The SMILES string of the molecule is CC(C)(C)OC(=O)N1C[C@H](Nc2c(C#N)cnc3c2c(C2CCOCC2)cn3COCC[Si](C)(C)C)C(C)(C)C1. The van der Waals surface area contributed by atoms with E-state index >= 15 is 0 Å². The number of rotatable bonds is 8. The van der Waals surface area contributed by atoms with Gasteiger partial charge in [0.25, 0.3) is 0 Å². The predicted octanol–water partition coefficient (Wildman–Crippen LogP) is 6.17. The van der Waals surface area contributed by atoms with Gasteiger partial charge in [-0.3, -0.25) is 0 Å². The standard InChI is InChI=1S/C30H47N5O4Si/c1-29(2,3)39-28(36)34-18-24(30(4,5)19-34)33-26-22(15-31)16-32-27-25(26)23(21-9-11-37-12-10-21)17-35(27)20-38-13-14-40(6,7)8/h16-17,21,24H,9-14,18-20H2,1-8H3,(H,32,33)/t24-/m0/s1. The van der Waals surface area contributed by atoms with Crippen LogP contribution in [0.1, 0.15) is 64.5 Å². The Hall–Kier alpha value is -2.61. The molecule has 0 radical (unpaired) electrons. The highest BCUT2D eigenvalue weighted by Crippen LogP contribution is 2.41. The fourth-order valence-electron chi connectivity index (χ4n) is 5.49. The summed E-state index contributed by atoms with van der Waals surface area (Å²) in [7, 11) is -1.20. The maximum absolute atomic E-state index is 12.9. The number of likely N-dealkylation sites (tertiary alicyclic amines) is 1. The fourth-order valence-corrected chi connectivity index (χ4v) is 6.25. The van der Waals surface area contributed by atoms with Gasteiger partial charge in [-0.15, -0.1) is 0 Å². The highest BCUT2D eigenvalue weighted by molar-refractivity contribution is 6.76. The number of ether oxygens (including phenoxy) is 3. The first-order chi connectivity index (χ1) is 18.7. The topological polar surface area (TPSA) is 102 Å². The van der Waals surface area contributed by atoms with Crippen LogP contribution in [0.3, 0.4) is 0 Å². The summed E-state index contributed by atoms with van der Waals surface area (Å²) in [6.45, 7) is 20.6. The van der Waals surface area contributed by atoms with Crippen molar-refractivity contribution in [2.45, 2.75) is 97.4 Å². The molecule has 2 aliphatic rings. The van der Waals surface area contributed by atoms with Crippen LogP contribution >= 0.6 is 0 Å². The van der Waals surface area contributed by atoms with E-state index in [2.05, 4.69) is 55.6 Å². The minimum Gasteiger partial charge on any atom is -0.444 e. The van der Waals surface area contributed by atoms with Crippen LogP contribution in [0.2, 0.25) is 25.7 Å². The smallest absolute Gasteiger partial charge is 0.410 e. The molecular weight excluding hydrogens is 522 g/mol. The molecule has 220 valence electrons. The number of carbonyl (C=O) groups is 1. The Morgan fingerprint density at radius 2 is 1.98 bits per heavy atom. The normalized spacial score (nSPS) is 20.1. The number of carbonyl (C=O) groups excluding carboxylic acids is 1. The molecule has 1 atom stereocenters. The summed E-state index contributed by atoms with van der Waals surface area (Å²) >= 11 is 0. The third-order valence-corrected chi connectivity index (χ3v) is 9.54. The number of nitrogens with one attached hydrogen (secondary N) is 1. The van der Waals surface area contributed by atoms with Gasteiger partial charge in [-0.05, 0) is 51.1 Å². The van der Waals surface area contributed by atoms with Gasteiger partial charge in [-0.25, -0.2) is 9.78 Å². The largest absolute Gasteiger partial charge is 0.444 e. The lowest BCUT2D eigenvalue weighted by molar-refractivity contribution is 0.0278. The zero-order valence-corrected chi connectivity index (χ0v) is 26.6. The molecule has 1 N–H and O–H groups in total. The first kappa shape index (κ1) is 30.3. The van der Waals surface area contributed by atoms with Gasteiger partial charge < -0.3 is 29.0 Å². The molecule has 2 aliphatic heterocycles. The Morgan fingerprint density at radius 1 is 1.27 bits per heavy atom. The van der Waals surface area contributed by atoms with Crippen LogP contribution in [-0.4, -0.2) is 73.2 Å². The number of hydrogen-bond donors (Lipinski definition) is 1. The van der Waals surface area contributed by atoms with Crippen molar-refractivity contribution in [1.29, 1.82) is 5.26 Å². The van der Waals surface area contributed by atoms with Gasteiger partial charge in [-0.1, -0.05) is 33.5 Å². The van der Waals surface area contributed by atoms with Gasteiger partial charge in [0.1, 0.15) is 24.0 Å². The Morgan fingerprint density at radius 3 is 2.60 bits per heavy atom. The summed E-state index contributed by atoms with van der Waals surface area (Å²) in [6, 6.07) is 3.40. The Bertz CT molecular complexity index is 1250. The van der Waals surface area contributed by atoms with Gasteiger partial charge in [0, 0.05) is 64.2 Å². The average Bonchev–Trinajstić information content (AvgIpc) is 3.38. The lowest BCUT2D eigenvalue weighted by Crippen LogP contribution is -2.36. The van der Waals surface area contributed by atoms with Crippen LogP contribution in [0, 0.1) is 16.7 Å². The molecule has 9 nitrogen and oxygen atoms in total. The van der Waals surface area contributed by atoms with E-state index in [1.54, 1.807) is 11.1 Å². The van der Waals surface area contributed by atoms with Crippen molar-refractivity contribution in [2.75, 3.05) is 38.2 Å². The quantitative estimate of drug-likeness (QED) is 0.300. The van der Waals surface area contributed by atoms with E-state index in [4.69, 9.17) is 19.2 Å². The maximum Gasteiger partial charge on any atom is 0.410 e. The number of hydrogen-bond acceptors (Lipinski definition) is 7.